The van der Waals surface area contributed by atoms with E-state index in [1.165, 1.54) is 0 Å². The second kappa shape index (κ2) is 6.22. The van der Waals surface area contributed by atoms with Gasteiger partial charge in [-0.25, -0.2) is 0 Å². The Hall–Kier alpha value is -1.85. The van der Waals surface area contributed by atoms with Crippen LogP contribution in [0.4, 0.5) is 0 Å². The molecule has 2 heterocycles. The molecule has 1 aliphatic carbocycles. The van der Waals surface area contributed by atoms with Crippen LogP contribution in [-0.4, -0.2) is 34.9 Å². The van der Waals surface area contributed by atoms with Crippen molar-refractivity contribution in [3.05, 3.63) is 45.7 Å². The van der Waals surface area contributed by atoms with Crippen molar-refractivity contribution in [3.63, 3.8) is 0 Å². The molecular weight excluding hydrogens is 326 g/mol. The first-order valence-electron chi connectivity index (χ1n) is 8.22. The highest BCUT2D eigenvalue weighted by Crippen LogP contribution is 2.37. The number of carbonyl (C=O) groups excluding carboxylic acids is 1. The molecule has 4 rings (SSSR count). The fraction of sp³-hybridized carbons (Fsp3) is 0.444. The first-order chi connectivity index (χ1) is 11.1. The molecule has 0 radical (unpaired) electrons. The fourth-order valence-corrected chi connectivity index (χ4v) is 4.30. The molecule has 1 aromatic heterocycles. The van der Waals surface area contributed by atoms with Crippen molar-refractivity contribution in [1.29, 1.82) is 0 Å². The smallest absolute Gasteiger partial charge is 0.261 e. The van der Waals surface area contributed by atoms with E-state index in [0.29, 0.717) is 18.4 Å². The predicted octanol–water partition coefficient (Wildman–Crippen LogP) is 2.07. The van der Waals surface area contributed by atoms with Crippen LogP contribution in [0.3, 0.4) is 0 Å². The number of fused-ring (bicyclic) bond motifs is 2. The fourth-order valence-electron chi connectivity index (χ4n) is 4.30. The Kier molecular flexibility index (Phi) is 4.40. The number of carbonyl (C=O) groups is 1. The number of aromatic nitrogens is 1. The number of rotatable bonds is 1. The lowest BCUT2D eigenvalue weighted by Crippen LogP contribution is -2.36. The minimum absolute atomic E-state index is 0. The Labute approximate surface area is 146 Å². The van der Waals surface area contributed by atoms with Gasteiger partial charge >= 0.3 is 0 Å². The van der Waals surface area contributed by atoms with Crippen LogP contribution in [0.5, 0.6) is 0 Å². The molecule has 1 aromatic carbocycles. The molecule has 3 atom stereocenters. The molecule has 24 heavy (non-hydrogen) atoms. The van der Waals surface area contributed by atoms with Gasteiger partial charge in [0.1, 0.15) is 5.56 Å². The minimum Gasteiger partial charge on any atom is -0.338 e. The molecule has 2 aromatic rings. The van der Waals surface area contributed by atoms with E-state index in [9.17, 15) is 9.59 Å². The van der Waals surface area contributed by atoms with Crippen LogP contribution in [0.15, 0.2) is 29.1 Å². The van der Waals surface area contributed by atoms with Crippen LogP contribution in [0.25, 0.3) is 10.9 Å². The molecule has 5 nitrogen and oxygen atoms in total. The van der Waals surface area contributed by atoms with Crippen molar-refractivity contribution in [2.24, 2.45) is 17.6 Å². The number of halogens is 1. The summed E-state index contributed by atoms with van der Waals surface area (Å²) >= 11 is 0. The molecule has 1 saturated heterocycles. The van der Waals surface area contributed by atoms with Crippen LogP contribution >= 0.6 is 12.4 Å². The van der Waals surface area contributed by atoms with Crippen LogP contribution in [0.1, 0.15) is 28.8 Å². The maximum Gasteiger partial charge on any atom is 0.261 e. The van der Waals surface area contributed by atoms with Gasteiger partial charge in [-0.2, -0.15) is 0 Å². The molecular formula is C18H22ClN3O2. The van der Waals surface area contributed by atoms with Gasteiger partial charge in [-0.3, -0.25) is 9.59 Å². The van der Waals surface area contributed by atoms with E-state index in [4.69, 9.17) is 5.73 Å². The minimum atomic E-state index is -0.299. The maximum absolute atomic E-state index is 12.9. The third-order valence-corrected chi connectivity index (χ3v) is 5.59. The number of aromatic amines is 1. The molecule has 0 spiro atoms. The largest absolute Gasteiger partial charge is 0.338 e. The van der Waals surface area contributed by atoms with Crippen molar-refractivity contribution in [2.75, 3.05) is 13.1 Å². The molecule has 3 unspecified atom stereocenters. The summed E-state index contributed by atoms with van der Waals surface area (Å²) in [4.78, 5) is 30.0. The van der Waals surface area contributed by atoms with Crippen molar-refractivity contribution in [1.82, 2.24) is 9.88 Å². The lowest BCUT2D eigenvalue weighted by Gasteiger charge is -2.19. The normalized spacial score (nSPS) is 25.6. The Morgan fingerprint density at radius 3 is 2.75 bits per heavy atom. The van der Waals surface area contributed by atoms with E-state index in [2.05, 4.69) is 4.98 Å². The average molecular weight is 348 g/mol. The summed E-state index contributed by atoms with van der Waals surface area (Å²) in [6.45, 7) is 3.26. The summed E-state index contributed by atoms with van der Waals surface area (Å²) in [6, 6.07) is 7.78. The standard InChI is InChI=1S/C18H21N3O2.ClH/c1-10-12-4-2-3-5-15(12)20-17(22)16(10)18(23)21-8-11-6-7-14(19)13(11)9-21;/h2-5,11,13-14H,6-9,19H2,1H3,(H,20,22);1H. The Bertz CT molecular complexity index is 848. The number of hydrogen-bond donors (Lipinski definition) is 2. The second-order valence-electron chi connectivity index (χ2n) is 6.87. The van der Waals surface area contributed by atoms with Crippen molar-refractivity contribution in [3.8, 4) is 0 Å². The topological polar surface area (TPSA) is 79.2 Å². The van der Waals surface area contributed by atoms with Crippen LogP contribution in [0.2, 0.25) is 0 Å². The summed E-state index contributed by atoms with van der Waals surface area (Å²) in [6.07, 6.45) is 2.13. The van der Waals surface area contributed by atoms with Crippen molar-refractivity contribution in [2.45, 2.75) is 25.8 Å². The first kappa shape index (κ1) is 17.0. The van der Waals surface area contributed by atoms with E-state index < -0.39 is 0 Å². The number of nitrogens with two attached hydrogens (primary N) is 1. The summed E-state index contributed by atoms with van der Waals surface area (Å²) in [7, 11) is 0. The monoisotopic (exact) mass is 347 g/mol. The number of nitrogens with one attached hydrogen (secondary N) is 1. The number of pyridine rings is 1. The van der Waals surface area contributed by atoms with Gasteiger partial charge in [0.2, 0.25) is 0 Å². The molecule has 1 amide bonds. The van der Waals surface area contributed by atoms with E-state index >= 15 is 0 Å². The molecule has 2 fully saturated rings. The number of H-pyrrole nitrogens is 1. The maximum atomic E-state index is 12.9. The van der Waals surface area contributed by atoms with Crippen molar-refractivity contribution < 1.29 is 4.79 Å². The summed E-state index contributed by atoms with van der Waals surface area (Å²) in [5, 5.41) is 0.923. The van der Waals surface area contributed by atoms with Gasteiger partial charge in [0, 0.05) is 30.0 Å². The van der Waals surface area contributed by atoms with Gasteiger partial charge in [-0.05, 0) is 43.2 Å². The van der Waals surface area contributed by atoms with E-state index in [0.717, 1.165) is 35.9 Å². The number of benzene rings is 1. The average Bonchev–Trinajstić information content (AvgIpc) is 3.10. The predicted molar refractivity (Wildman–Crippen MR) is 96.6 cm³/mol. The molecule has 6 heteroatoms. The zero-order chi connectivity index (χ0) is 16.1. The number of amides is 1. The summed E-state index contributed by atoms with van der Waals surface area (Å²) in [5.41, 5.74) is 7.66. The lowest BCUT2D eigenvalue weighted by molar-refractivity contribution is 0.0777. The molecule has 128 valence electrons. The highest BCUT2D eigenvalue weighted by atomic mass is 35.5. The van der Waals surface area contributed by atoms with E-state index in [-0.39, 0.29) is 35.5 Å². The number of nitrogens with zero attached hydrogens (tertiary/aromatic N) is 1. The third kappa shape index (κ3) is 2.52. The molecule has 3 N–H and O–H groups in total. The van der Waals surface area contributed by atoms with Crippen molar-refractivity contribution >= 4 is 29.2 Å². The molecule has 0 bridgehead atoms. The van der Waals surface area contributed by atoms with Gasteiger partial charge in [0.05, 0.1) is 0 Å². The SMILES string of the molecule is Cc1c(C(=O)N2CC3CCC(N)C3C2)c(=O)[nH]c2ccccc12.Cl. The number of aryl methyl sites for hydroxylation is 1. The molecule has 2 aliphatic rings. The van der Waals surface area contributed by atoms with Gasteiger partial charge < -0.3 is 15.6 Å². The van der Waals surface area contributed by atoms with Gasteiger partial charge in [0.25, 0.3) is 11.5 Å². The van der Waals surface area contributed by atoms with Crippen LogP contribution < -0.4 is 11.3 Å². The first-order valence-corrected chi connectivity index (χ1v) is 8.22. The Morgan fingerprint density at radius 2 is 2.00 bits per heavy atom. The lowest BCUT2D eigenvalue weighted by atomic mass is 9.98. The highest BCUT2D eigenvalue weighted by molar-refractivity contribution is 6.00. The molecule has 1 aliphatic heterocycles. The summed E-state index contributed by atoms with van der Waals surface area (Å²) in [5.74, 6) is 0.726. The van der Waals surface area contributed by atoms with E-state index in [1.807, 2.05) is 36.1 Å². The Balaban J connectivity index is 0.00000169. The molecule has 1 saturated carbocycles. The number of likely N-dealkylation sites (tertiary alicyclic amines) is 1. The van der Waals surface area contributed by atoms with Crippen LogP contribution in [-0.2, 0) is 0 Å². The third-order valence-electron chi connectivity index (χ3n) is 5.59. The van der Waals surface area contributed by atoms with Gasteiger partial charge in [-0.15, -0.1) is 12.4 Å². The van der Waals surface area contributed by atoms with Gasteiger partial charge in [0.15, 0.2) is 0 Å². The quantitative estimate of drug-likeness (QED) is 0.828. The van der Waals surface area contributed by atoms with Crippen LogP contribution in [0, 0.1) is 18.8 Å². The van der Waals surface area contributed by atoms with E-state index in [1.54, 1.807) is 0 Å². The second-order valence-corrected chi connectivity index (χ2v) is 6.87. The number of hydrogen-bond acceptors (Lipinski definition) is 3. The Morgan fingerprint density at radius 1 is 1.25 bits per heavy atom. The highest BCUT2D eigenvalue weighted by Gasteiger charge is 2.43. The zero-order valence-electron chi connectivity index (χ0n) is 13.6. The zero-order valence-corrected chi connectivity index (χ0v) is 14.4. The van der Waals surface area contributed by atoms with Gasteiger partial charge in [-0.1, -0.05) is 18.2 Å². The summed E-state index contributed by atoms with van der Waals surface area (Å²) < 4.78 is 0. The number of para-hydroxylation sites is 1.